The third kappa shape index (κ3) is 6.16. The van der Waals surface area contributed by atoms with E-state index in [1.807, 2.05) is 54.6 Å². The molecule has 0 saturated carbocycles. The Balaban J connectivity index is 1.39. The van der Waals surface area contributed by atoms with Crippen molar-refractivity contribution >= 4 is 45.1 Å². The van der Waals surface area contributed by atoms with E-state index in [-0.39, 0.29) is 35.7 Å². The molecule has 2 heterocycles. The average Bonchev–Trinajstić information content (AvgIpc) is 3.43. The molecule has 0 aliphatic carbocycles. The smallest absolute Gasteiger partial charge is 0.416 e. The summed E-state index contributed by atoms with van der Waals surface area (Å²) in [5.41, 5.74) is 2.14. The Labute approximate surface area is 277 Å². The number of nitrogens with zero attached hydrogens (tertiary/aromatic N) is 1. The van der Waals surface area contributed by atoms with Gasteiger partial charge in [0.1, 0.15) is 11.5 Å². The van der Waals surface area contributed by atoms with Gasteiger partial charge in [-0.25, -0.2) is 4.79 Å². The Morgan fingerprint density at radius 3 is 2.46 bits per heavy atom. The number of urea groups is 1. The van der Waals surface area contributed by atoms with Crippen molar-refractivity contribution in [2.24, 2.45) is 7.05 Å². The van der Waals surface area contributed by atoms with Crippen LogP contribution in [0.15, 0.2) is 95.8 Å². The number of ether oxygens (including phenoxy) is 1. The predicted molar refractivity (Wildman–Crippen MR) is 180 cm³/mol. The molecular formula is C36H30ClF3N4O4. The first-order valence-electron chi connectivity index (χ1n) is 14.9. The second-order valence-electron chi connectivity index (χ2n) is 11.2. The highest BCUT2D eigenvalue weighted by molar-refractivity contribution is 6.31. The first kappa shape index (κ1) is 32.5. The van der Waals surface area contributed by atoms with Crippen LogP contribution in [0.4, 0.5) is 23.7 Å². The monoisotopic (exact) mass is 674 g/mol. The second kappa shape index (κ2) is 13.0. The maximum atomic E-state index is 14.0. The molecule has 12 heteroatoms. The molecule has 0 radical (unpaired) electrons. The Morgan fingerprint density at radius 1 is 1.00 bits per heavy atom. The van der Waals surface area contributed by atoms with Crippen LogP contribution in [0.25, 0.3) is 21.8 Å². The van der Waals surface area contributed by atoms with Crippen molar-refractivity contribution in [2.75, 3.05) is 19.0 Å². The number of aromatic amines is 1. The number of para-hydroxylation sites is 1. The normalized spacial score (nSPS) is 12.3. The van der Waals surface area contributed by atoms with Crippen LogP contribution >= 0.6 is 11.6 Å². The summed E-state index contributed by atoms with van der Waals surface area (Å²) in [6.45, 7) is 0.0841. The Kier molecular flexibility index (Phi) is 8.81. The number of hydrogen-bond acceptors (Lipinski definition) is 4. The molecule has 2 amide bonds. The number of nitrogens with one attached hydrogen (secondary N) is 3. The van der Waals surface area contributed by atoms with Gasteiger partial charge in [-0.1, -0.05) is 60.1 Å². The van der Waals surface area contributed by atoms with E-state index < -0.39 is 29.2 Å². The number of amides is 2. The van der Waals surface area contributed by atoms with E-state index in [2.05, 4.69) is 15.6 Å². The molecule has 0 aliphatic heterocycles. The Hall–Kier alpha value is -5.42. The van der Waals surface area contributed by atoms with Gasteiger partial charge >= 0.3 is 12.2 Å². The van der Waals surface area contributed by atoms with Crippen LogP contribution in [-0.4, -0.2) is 34.3 Å². The van der Waals surface area contributed by atoms with Gasteiger partial charge in [-0.15, -0.1) is 0 Å². The van der Waals surface area contributed by atoms with Gasteiger partial charge in [0.2, 0.25) is 0 Å². The zero-order chi connectivity index (χ0) is 34.2. The van der Waals surface area contributed by atoms with E-state index in [1.165, 1.54) is 11.7 Å². The number of alkyl halides is 3. The molecule has 4 N–H and O–H groups in total. The van der Waals surface area contributed by atoms with Crippen LogP contribution in [0, 0.1) is 0 Å². The van der Waals surface area contributed by atoms with Crippen molar-refractivity contribution in [2.45, 2.75) is 18.5 Å². The van der Waals surface area contributed by atoms with Gasteiger partial charge in [-0.3, -0.25) is 4.79 Å². The molecule has 0 fully saturated rings. The number of halogens is 4. The summed E-state index contributed by atoms with van der Waals surface area (Å²) in [7, 11) is 2.93. The van der Waals surface area contributed by atoms with Gasteiger partial charge in [0, 0.05) is 40.6 Å². The molecule has 1 unspecified atom stereocenters. The van der Waals surface area contributed by atoms with Gasteiger partial charge in [0.25, 0.3) is 5.56 Å². The molecule has 6 aromatic rings. The lowest BCUT2D eigenvalue weighted by Crippen LogP contribution is -2.31. The van der Waals surface area contributed by atoms with E-state index >= 15 is 0 Å². The number of fused-ring (bicyclic) bond motifs is 2. The summed E-state index contributed by atoms with van der Waals surface area (Å²) in [6.07, 6.45) is -4.33. The molecule has 48 heavy (non-hydrogen) atoms. The van der Waals surface area contributed by atoms with Crippen LogP contribution in [0.2, 0.25) is 5.02 Å². The standard InChI is InChI=1S/C36H30ClF3N4O4/c1-44-28-14-13-22(37)19-25(28)33(45)31(34(44)46)30(20-8-4-3-5-9-20)32-24(23-10-6-7-11-26(23)42-32)16-17-41-35(47)43-27-18-21(36(38,39)40)12-15-29(27)48-2/h3-15,18-19,30,42,45H,16-17H2,1-2H3,(H2,41,43,47). The minimum Gasteiger partial charge on any atom is -0.507 e. The molecule has 0 aliphatic rings. The first-order valence-corrected chi connectivity index (χ1v) is 15.3. The molecule has 2 aromatic heterocycles. The summed E-state index contributed by atoms with van der Waals surface area (Å²) < 4.78 is 46.6. The number of aromatic nitrogens is 2. The van der Waals surface area contributed by atoms with Gasteiger partial charge in [0.05, 0.1) is 35.4 Å². The quantitative estimate of drug-likeness (QED) is 0.131. The average molecular weight is 675 g/mol. The number of aryl methyl sites for hydroxylation is 1. The zero-order valence-corrected chi connectivity index (χ0v) is 26.5. The third-order valence-corrected chi connectivity index (χ3v) is 8.59. The summed E-state index contributed by atoms with van der Waals surface area (Å²) in [4.78, 5) is 30.4. The highest BCUT2D eigenvalue weighted by atomic mass is 35.5. The number of methoxy groups -OCH3 is 1. The third-order valence-electron chi connectivity index (χ3n) is 8.36. The maximum absolute atomic E-state index is 14.0. The Bertz CT molecular complexity index is 2210. The van der Waals surface area contributed by atoms with E-state index in [1.54, 1.807) is 25.2 Å². The summed E-state index contributed by atoms with van der Waals surface area (Å²) in [5, 5.41) is 18.5. The number of H-pyrrole nitrogens is 1. The zero-order valence-electron chi connectivity index (χ0n) is 25.8. The first-order chi connectivity index (χ1) is 23.0. The number of rotatable bonds is 8. The molecule has 0 saturated heterocycles. The molecule has 4 aromatic carbocycles. The fourth-order valence-electron chi connectivity index (χ4n) is 6.10. The molecule has 0 bridgehead atoms. The number of pyridine rings is 1. The van der Waals surface area contributed by atoms with Crippen molar-refractivity contribution in [1.82, 2.24) is 14.9 Å². The second-order valence-corrected chi connectivity index (χ2v) is 11.7. The van der Waals surface area contributed by atoms with Gasteiger partial charge in [-0.05, 0) is 60.0 Å². The molecule has 6 rings (SSSR count). The molecule has 8 nitrogen and oxygen atoms in total. The van der Waals surface area contributed by atoms with E-state index in [0.29, 0.717) is 21.6 Å². The number of carbonyl (C=O) groups is 1. The fraction of sp³-hybridized carbons (Fsp3) is 0.167. The van der Waals surface area contributed by atoms with Crippen molar-refractivity contribution in [3.05, 3.63) is 134 Å². The number of hydrogen-bond donors (Lipinski definition) is 4. The topological polar surface area (TPSA) is 108 Å². The summed E-state index contributed by atoms with van der Waals surface area (Å²) in [5.74, 6) is -0.874. The van der Waals surface area contributed by atoms with Crippen LogP contribution in [0.5, 0.6) is 11.5 Å². The molecule has 1 atom stereocenters. The van der Waals surface area contributed by atoms with Crippen molar-refractivity contribution in [3.8, 4) is 11.5 Å². The van der Waals surface area contributed by atoms with Gasteiger partial charge in [0.15, 0.2) is 0 Å². The number of anilines is 1. The van der Waals surface area contributed by atoms with Crippen molar-refractivity contribution in [1.29, 1.82) is 0 Å². The molecular weight excluding hydrogens is 645 g/mol. The SMILES string of the molecule is COc1ccc(C(F)(F)F)cc1NC(=O)NCCc1c(C(c2ccccc2)c2c(O)c3cc(Cl)ccc3n(C)c2=O)[nH]c2ccccc12. The largest absolute Gasteiger partial charge is 0.507 e. The van der Waals surface area contributed by atoms with Crippen molar-refractivity contribution < 1.29 is 27.8 Å². The van der Waals surface area contributed by atoms with Gasteiger partial charge in [-0.2, -0.15) is 13.2 Å². The van der Waals surface area contributed by atoms with Crippen LogP contribution in [-0.2, 0) is 19.6 Å². The summed E-state index contributed by atoms with van der Waals surface area (Å²) in [6, 6.07) is 23.9. The lowest BCUT2D eigenvalue weighted by molar-refractivity contribution is -0.137. The van der Waals surface area contributed by atoms with Crippen LogP contribution in [0.3, 0.4) is 0 Å². The summed E-state index contributed by atoms with van der Waals surface area (Å²) >= 11 is 6.30. The van der Waals surface area contributed by atoms with E-state index in [0.717, 1.165) is 40.2 Å². The van der Waals surface area contributed by atoms with E-state index in [4.69, 9.17) is 16.3 Å². The van der Waals surface area contributed by atoms with Crippen LogP contribution in [0.1, 0.15) is 33.9 Å². The Morgan fingerprint density at radius 2 is 1.73 bits per heavy atom. The van der Waals surface area contributed by atoms with Crippen LogP contribution < -0.4 is 20.9 Å². The maximum Gasteiger partial charge on any atom is 0.416 e. The predicted octanol–water partition coefficient (Wildman–Crippen LogP) is 7.95. The minimum atomic E-state index is -4.60. The highest BCUT2D eigenvalue weighted by Gasteiger charge is 2.32. The minimum absolute atomic E-state index is 0.0702. The number of carbonyl (C=O) groups excluding carboxylic acids is 1. The van der Waals surface area contributed by atoms with E-state index in [9.17, 15) is 27.9 Å². The highest BCUT2D eigenvalue weighted by Crippen LogP contribution is 2.41. The lowest BCUT2D eigenvalue weighted by atomic mass is 9.85. The fourth-order valence-corrected chi connectivity index (χ4v) is 6.27. The van der Waals surface area contributed by atoms with Gasteiger partial charge < -0.3 is 30.0 Å². The number of aromatic hydroxyl groups is 1. The number of benzene rings is 4. The molecule has 246 valence electrons. The van der Waals surface area contributed by atoms with Crippen molar-refractivity contribution in [3.63, 3.8) is 0 Å². The molecule has 0 spiro atoms. The lowest BCUT2D eigenvalue weighted by Gasteiger charge is -2.22.